The van der Waals surface area contributed by atoms with Gasteiger partial charge in [-0.25, -0.2) is 4.39 Å². The van der Waals surface area contributed by atoms with Gasteiger partial charge in [0.25, 0.3) is 0 Å². The summed E-state index contributed by atoms with van der Waals surface area (Å²) in [5, 5.41) is 11.8. The molecule has 2 fully saturated rings. The Labute approximate surface area is 161 Å². The molecule has 0 aromatic heterocycles. The molecule has 2 aliphatic rings. The molecule has 27 heavy (non-hydrogen) atoms. The van der Waals surface area contributed by atoms with E-state index in [9.17, 15) is 14.3 Å². The molecule has 2 aliphatic carbocycles. The van der Waals surface area contributed by atoms with Crippen molar-refractivity contribution in [2.45, 2.75) is 71.4 Å². The van der Waals surface area contributed by atoms with E-state index in [4.69, 9.17) is 10.5 Å². The van der Waals surface area contributed by atoms with Gasteiger partial charge in [0.15, 0.2) is 0 Å². The highest BCUT2D eigenvalue weighted by atomic mass is 19.1. The zero-order valence-corrected chi connectivity index (χ0v) is 17.0. The highest BCUT2D eigenvalue weighted by molar-refractivity contribution is 5.77. The van der Waals surface area contributed by atoms with Crippen molar-refractivity contribution in [1.29, 1.82) is 0 Å². The number of halogens is 1. The summed E-state index contributed by atoms with van der Waals surface area (Å²) in [5.41, 5.74) is 4.40. The van der Waals surface area contributed by atoms with Gasteiger partial charge in [-0.15, -0.1) is 0 Å². The van der Waals surface area contributed by atoms with E-state index in [2.05, 4.69) is 0 Å². The van der Waals surface area contributed by atoms with Crippen molar-refractivity contribution >= 4 is 5.97 Å². The number of carbonyl (C=O) groups is 1. The van der Waals surface area contributed by atoms with Gasteiger partial charge in [0.05, 0.1) is 11.0 Å². The van der Waals surface area contributed by atoms with E-state index in [1.165, 1.54) is 12.1 Å². The SMILES string of the molecule is CC(C)(C)C(=O)Oc1cc(F)cc(C2(O)CC3CCC(C3)C2C(C)(C)N)c1. The first kappa shape index (κ1) is 20.3. The minimum absolute atomic E-state index is 0.129. The fourth-order valence-corrected chi connectivity index (χ4v) is 5.21. The Hall–Kier alpha value is -1.46. The van der Waals surface area contributed by atoms with Crippen molar-refractivity contribution in [2.24, 2.45) is 28.9 Å². The zero-order valence-electron chi connectivity index (χ0n) is 17.0. The first-order chi connectivity index (χ1) is 12.3. The maximum atomic E-state index is 14.4. The molecular weight excluding hydrogens is 345 g/mol. The summed E-state index contributed by atoms with van der Waals surface area (Å²) in [6.45, 7) is 9.10. The van der Waals surface area contributed by atoms with Crippen LogP contribution >= 0.6 is 0 Å². The quantitative estimate of drug-likeness (QED) is 0.613. The average molecular weight is 378 g/mol. The van der Waals surface area contributed by atoms with Crippen molar-refractivity contribution in [3.8, 4) is 5.75 Å². The maximum Gasteiger partial charge on any atom is 0.316 e. The molecule has 4 unspecified atom stereocenters. The van der Waals surface area contributed by atoms with Gasteiger partial charge in [-0.05, 0) is 83.4 Å². The van der Waals surface area contributed by atoms with Crippen LogP contribution in [0.4, 0.5) is 4.39 Å². The summed E-state index contributed by atoms with van der Waals surface area (Å²) in [6, 6.07) is 4.16. The number of fused-ring (bicyclic) bond motifs is 2. The Bertz CT molecular complexity index is 734. The number of carbonyl (C=O) groups excluding carboxylic acids is 1. The van der Waals surface area contributed by atoms with Gasteiger partial charge in [0, 0.05) is 17.5 Å². The van der Waals surface area contributed by atoms with Gasteiger partial charge < -0.3 is 15.6 Å². The number of benzene rings is 1. The van der Waals surface area contributed by atoms with Crippen LogP contribution in [0.15, 0.2) is 18.2 Å². The van der Waals surface area contributed by atoms with Crippen molar-refractivity contribution < 1.29 is 19.0 Å². The molecule has 0 spiro atoms. The molecule has 1 aromatic carbocycles. The van der Waals surface area contributed by atoms with E-state index in [1.807, 2.05) is 13.8 Å². The summed E-state index contributed by atoms with van der Waals surface area (Å²) >= 11 is 0. The van der Waals surface area contributed by atoms with E-state index in [0.717, 1.165) is 19.3 Å². The Morgan fingerprint density at radius 1 is 1.22 bits per heavy atom. The maximum absolute atomic E-state index is 14.4. The van der Waals surface area contributed by atoms with Crippen molar-refractivity contribution in [1.82, 2.24) is 0 Å². The molecule has 150 valence electrons. The van der Waals surface area contributed by atoms with Gasteiger partial charge >= 0.3 is 5.97 Å². The molecule has 2 saturated carbocycles. The van der Waals surface area contributed by atoms with Crippen LogP contribution in [0.3, 0.4) is 0 Å². The lowest BCUT2D eigenvalue weighted by Crippen LogP contribution is -2.57. The van der Waals surface area contributed by atoms with Crippen LogP contribution in [0.25, 0.3) is 0 Å². The molecule has 0 aliphatic heterocycles. The predicted molar refractivity (Wildman–Crippen MR) is 103 cm³/mol. The lowest BCUT2D eigenvalue weighted by Gasteiger charge is -2.50. The zero-order chi connectivity index (χ0) is 20.2. The van der Waals surface area contributed by atoms with Gasteiger partial charge in [-0.2, -0.15) is 0 Å². The fourth-order valence-electron chi connectivity index (χ4n) is 5.21. The van der Waals surface area contributed by atoms with E-state index in [0.29, 0.717) is 23.8 Å². The predicted octanol–water partition coefficient (Wildman–Crippen LogP) is 4.14. The summed E-state index contributed by atoms with van der Waals surface area (Å²) < 4.78 is 19.8. The molecule has 0 amide bonds. The van der Waals surface area contributed by atoms with E-state index in [-0.39, 0.29) is 11.7 Å². The summed E-state index contributed by atoms with van der Waals surface area (Å²) in [5.74, 6) is -0.281. The Balaban J connectivity index is 2.02. The van der Waals surface area contributed by atoms with E-state index < -0.39 is 28.3 Å². The molecule has 5 heteroatoms. The van der Waals surface area contributed by atoms with E-state index >= 15 is 0 Å². The van der Waals surface area contributed by atoms with Crippen LogP contribution < -0.4 is 10.5 Å². The first-order valence-electron chi connectivity index (χ1n) is 9.85. The largest absolute Gasteiger partial charge is 0.426 e. The second-order valence-electron chi connectivity index (χ2n) is 10.2. The Morgan fingerprint density at radius 3 is 2.48 bits per heavy atom. The van der Waals surface area contributed by atoms with Crippen LogP contribution in [0.5, 0.6) is 5.75 Å². The average Bonchev–Trinajstić information content (AvgIpc) is 2.85. The molecule has 0 heterocycles. The molecule has 3 rings (SSSR count). The smallest absolute Gasteiger partial charge is 0.316 e. The monoisotopic (exact) mass is 377 g/mol. The van der Waals surface area contributed by atoms with Gasteiger partial charge in [0.1, 0.15) is 11.6 Å². The number of nitrogens with two attached hydrogens (primary N) is 1. The summed E-state index contributed by atoms with van der Waals surface area (Å²) in [6.07, 6.45) is 3.74. The van der Waals surface area contributed by atoms with Crippen LogP contribution in [0.1, 0.15) is 65.9 Å². The van der Waals surface area contributed by atoms with Crippen LogP contribution in [-0.2, 0) is 10.4 Å². The standard InChI is InChI=1S/C22H32FNO3/c1-20(2,3)19(25)27-17-10-15(9-16(23)11-17)22(26)12-13-6-7-14(8-13)18(22)21(4,5)24/h9-11,13-14,18,26H,6-8,12,24H2,1-5H3. The van der Waals surface area contributed by atoms with Gasteiger partial charge in [0.2, 0.25) is 0 Å². The Morgan fingerprint density at radius 2 is 1.89 bits per heavy atom. The third-order valence-corrected chi connectivity index (χ3v) is 6.16. The van der Waals surface area contributed by atoms with Crippen LogP contribution in [0.2, 0.25) is 0 Å². The van der Waals surface area contributed by atoms with Crippen LogP contribution in [0, 0.1) is 29.0 Å². The number of rotatable bonds is 3. The molecule has 4 nitrogen and oxygen atoms in total. The minimum Gasteiger partial charge on any atom is -0.426 e. The molecule has 2 bridgehead atoms. The molecule has 4 atom stereocenters. The molecule has 3 N–H and O–H groups in total. The Kier molecular flexibility index (Phi) is 4.92. The highest BCUT2D eigenvalue weighted by Gasteiger charge is 2.55. The highest BCUT2D eigenvalue weighted by Crippen LogP contribution is 2.57. The number of hydrogen-bond acceptors (Lipinski definition) is 4. The van der Waals surface area contributed by atoms with Crippen molar-refractivity contribution in [3.05, 3.63) is 29.6 Å². The van der Waals surface area contributed by atoms with E-state index in [1.54, 1.807) is 26.8 Å². The normalized spacial score (nSPS) is 31.0. The third-order valence-electron chi connectivity index (χ3n) is 6.16. The summed E-state index contributed by atoms with van der Waals surface area (Å²) in [4.78, 5) is 12.2. The lowest BCUT2D eigenvalue weighted by atomic mass is 9.60. The van der Waals surface area contributed by atoms with Crippen LogP contribution in [-0.4, -0.2) is 16.6 Å². The first-order valence-corrected chi connectivity index (χ1v) is 9.85. The number of esters is 1. The minimum atomic E-state index is -1.23. The molecule has 0 radical (unpaired) electrons. The molecule has 0 saturated heterocycles. The third kappa shape index (κ3) is 3.90. The molecule has 1 aromatic rings. The van der Waals surface area contributed by atoms with Gasteiger partial charge in [-0.3, -0.25) is 4.79 Å². The lowest BCUT2D eigenvalue weighted by molar-refractivity contribution is -0.143. The topological polar surface area (TPSA) is 72.5 Å². The van der Waals surface area contributed by atoms with Gasteiger partial charge in [-0.1, -0.05) is 6.42 Å². The second-order valence-corrected chi connectivity index (χ2v) is 10.2. The van der Waals surface area contributed by atoms with Crippen molar-refractivity contribution in [2.75, 3.05) is 0 Å². The summed E-state index contributed by atoms with van der Waals surface area (Å²) in [7, 11) is 0. The molecular formula is C22H32FNO3. The number of ether oxygens (including phenoxy) is 1. The fraction of sp³-hybridized carbons (Fsp3) is 0.682. The number of aliphatic hydroxyl groups is 1. The van der Waals surface area contributed by atoms with Crippen molar-refractivity contribution in [3.63, 3.8) is 0 Å². The number of hydrogen-bond donors (Lipinski definition) is 2. The second kappa shape index (κ2) is 6.56.